The van der Waals surface area contributed by atoms with Crippen molar-refractivity contribution in [2.75, 3.05) is 1.33 Å². The Balaban J connectivity index is 2.85. The summed E-state index contributed by atoms with van der Waals surface area (Å²) in [4.78, 5) is 0. The van der Waals surface area contributed by atoms with Crippen molar-refractivity contribution in [3.8, 4) is 0 Å². The first-order valence-electron chi connectivity index (χ1n) is 2.47. The third kappa shape index (κ3) is 2.29. The topological polar surface area (TPSA) is 3.24 Å². The quantitative estimate of drug-likeness (QED) is 0.429. The molecule has 1 rings (SSSR count). The highest BCUT2D eigenvalue weighted by atomic mass is 127. The maximum atomic E-state index is 2.23. The van der Waals surface area contributed by atoms with Gasteiger partial charge in [0.1, 0.15) is 0 Å². The average molecular weight is 346 g/mol. The Morgan fingerprint density at radius 3 is 1.89 bits per heavy atom. The number of benzene rings is 1. The van der Waals surface area contributed by atoms with Gasteiger partial charge in [-0.05, 0) is 12.1 Å². The van der Waals surface area contributed by atoms with E-state index in [0.29, 0.717) is 0 Å². The monoisotopic (exact) mass is 346 g/mol. The molecule has 0 aliphatic carbocycles. The van der Waals surface area contributed by atoms with Crippen molar-refractivity contribution in [1.82, 2.24) is 0 Å². The number of anilines is 1. The number of para-hydroxylation sites is 1. The van der Waals surface area contributed by atoms with Crippen LogP contribution in [0.2, 0.25) is 0 Å². The van der Waals surface area contributed by atoms with E-state index in [4.69, 9.17) is 0 Å². The second-order valence-electron chi connectivity index (χ2n) is 1.57. The van der Waals surface area contributed by atoms with Gasteiger partial charge in [0.15, 0.2) is 0 Å². The second-order valence-corrected chi connectivity index (χ2v) is 5.34. The summed E-state index contributed by atoms with van der Waals surface area (Å²) in [6.07, 6.45) is 0. The Hall–Kier alpha value is 0.480. The van der Waals surface area contributed by atoms with E-state index in [1.165, 1.54) is 5.69 Å². The third-order valence-electron chi connectivity index (χ3n) is 0.951. The second kappa shape index (κ2) is 3.60. The summed E-state index contributed by atoms with van der Waals surface area (Å²) in [6.45, 7) is 0. The molecule has 0 atom stereocenters. The highest BCUT2D eigenvalue weighted by molar-refractivity contribution is 14.2. The molecule has 0 aliphatic rings. The van der Waals surface area contributed by atoms with Crippen LogP contribution in [-0.4, -0.2) is 0 Å². The molecule has 0 aromatic heterocycles. The molecule has 0 amide bonds. The molecule has 0 spiro atoms. The maximum absolute atomic E-state index is 2.23. The lowest BCUT2D eigenvalue weighted by atomic mass is 10.3. The summed E-state index contributed by atoms with van der Waals surface area (Å²) in [5.74, 6) is 0. The van der Waals surface area contributed by atoms with Gasteiger partial charge in [0.2, 0.25) is 0 Å². The minimum atomic E-state index is 1.22. The standard InChI is InChI=1S/C6H5I2N/c7-9(8)6-4-2-1-3-5-6/h1-5H/i9+1. The van der Waals surface area contributed by atoms with E-state index in [1.54, 1.807) is 0 Å². The van der Waals surface area contributed by atoms with E-state index < -0.39 is 0 Å². The van der Waals surface area contributed by atoms with Crippen molar-refractivity contribution in [2.24, 2.45) is 0 Å². The van der Waals surface area contributed by atoms with Gasteiger partial charge < -0.3 is 0 Å². The van der Waals surface area contributed by atoms with Gasteiger partial charge in [-0.15, -0.1) is 0 Å². The van der Waals surface area contributed by atoms with E-state index in [0.717, 1.165) is 0 Å². The molecule has 9 heavy (non-hydrogen) atoms. The smallest absolute Gasteiger partial charge is 0.0697 e. The minimum absolute atomic E-state index is 1.22. The largest absolute Gasteiger partial charge is 0.255 e. The van der Waals surface area contributed by atoms with Crippen molar-refractivity contribution in [1.29, 1.82) is 0 Å². The Labute approximate surface area is 82.4 Å². The summed E-state index contributed by atoms with van der Waals surface area (Å²) >= 11 is 4.46. The Morgan fingerprint density at radius 2 is 1.56 bits per heavy atom. The van der Waals surface area contributed by atoms with Crippen LogP contribution in [0.1, 0.15) is 0 Å². The van der Waals surface area contributed by atoms with E-state index in [2.05, 4.69) is 57.9 Å². The lowest BCUT2D eigenvalue weighted by molar-refractivity contribution is 1.66. The van der Waals surface area contributed by atoms with Crippen LogP contribution in [0.5, 0.6) is 0 Å². The van der Waals surface area contributed by atoms with Crippen LogP contribution in [0.25, 0.3) is 0 Å². The fourth-order valence-corrected chi connectivity index (χ4v) is 1.18. The van der Waals surface area contributed by atoms with Crippen LogP contribution in [0.4, 0.5) is 5.69 Å². The number of hydrogen-bond donors (Lipinski definition) is 0. The molecule has 1 aromatic carbocycles. The van der Waals surface area contributed by atoms with Gasteiger partial charge in [0, 0.05) is 0 Å². The number of halogens is 2. The van der Waals surface area contributed by atoms with Crippen molar-refractivity contribution in [2.45, 2.75) is 0 Å². The zero-order chi connectivity index (χ0) is 6.69. The molecule has 0 aliphatic heterocycles. The molecule has 1 nitrogen and oxygen atoms in total. The van der Waals surface area contributed by atoms with Gasteiger partial charge in [-0.1, -0.05) is 18.2 Å². The third-order valence-corrected chi connectivity index (χ3v) is 2.07. The number of rotatable bonds is 1. The van der Waals surface area contributed by atoms with E-state index >= 15 is 0 Å². The average Bonchev–Trinajstić information content (AvgIpc) is 1.90. The first-order chi connectivity index (χ1) is 4.30. The number of nitrogens with zero attached hydrogens (tertiary/aromatic N) is 1. The van der Waals surface area contributed by atoms with E-state index in [1.807, 2.05) is 19.5 Å². The number of hydrogen-bond acceptors (Lipinski definition) is 1. The zero-order valence-corrected chi connectivity index (χ0v) is 8.90. The zero-order valence-electron chi connectivity index (χ0n) is 4.59. The van der Waals surface area contributed by atoms with Crippen LogP contribution in [0.15, 0.2) is 30.3 Å². The highest BCUT2D eigenvalue weighted by Gasteiger charge is 1.92. The van der Waals surface area contributed by atoms with Gasteiger partial charge in [-0.2, -0.15) is 0 Å². The van der Waals surface area contributed by atoms with Crippen LogP contribution < -0.4 is 1.33 Å². The van der Waals surface area contributed by atoms with Crippen LogP contribution in [0, 0.1) is 0 Å². The van der Waals surface area contributed by atoms with Gasteiger partial charge in [-0.25, -0.2) is 0 Å². The van der Waals surface area contributed by atoms with Gasteiger partial charge >= 0.3 is 0 Å². The summed E-state index contributed by atoms with van der Waals surface area (Å²) in [5, 5.41) is 0. The van der Waals surface area contributed by atoms with Crippen molar-refractivity contribution in [3.05, 3.63) is 30.3 Å². The normalized spacial score (nSPS) is 9.11. The Kier molecular flexibility index (Phi) is 3.03. The molecule has 0 bridgehead atoms. The van der Waals surface area contributed by atoms with Crippen molar-refractivity contribution < 1.29 is 0 Å². The molecular formula is C6H5I2N. The van der Waals surface area contributed by atoms with Gasteiger partial charge in [0.05, 0.1) is 51.4 Å². The molecule has 0 fully saturated rings. The SMILES string of the molecule is I[15N](I)c1ccccc1. The van der Waals surface area contributed by atoms with E-state index in [9.17, 15) is 0 Å². The molecule has 0 heterocycles. The summed E-state index contributed by atoms with van der Waals surface area (Å²) in [7, 11) is 0. The van der Waals surface area contributed by atoms with Crippen molar-refractivity contribution >= 4 is 51.4 Å². The molecule has 0 saturated heterocycles. The molecular weight excluding hydrogens is 341 g/mol. The molecule has 48 valence electrons. The molecule has 3 heteroatoms. The molecule has 0 saturated carbocycles. The first-order valence-corrected chi connectivity index (χ1v) is 4.40. The van der Waals surface area contributed by atoms with E-state index in [-0.39, 0.29) is 0 Å². The van der Waals surface area contributed by atoms with Crippen LogP contribution in [0.3, 0.4) is 0 Å². The molecule has 1 aromatic rings. The summed E-state index contributed by atoms with van der Waals surface area (Å²) in [6, 6.07) is 10.2. The highest BCUT2D eigenvalue weighted by Crippen LogP contribution is 2.21. The van der Waals surface area contributed by atoms with Gasteiger partial charge in [-0.3, -0.25) is 1.33 Å². The van der Waals surface area contributed by atoms with Crippen LogP contribution >= 0.6 is 45.7 Å². The molecule has 0 N–H and O–H groups in total. The first kappa shape index (κ1) is 7.59. The lowest BCUT2D eigenvalue weighted by Crippen LogP contribution is -1.86. The minimum Gasteiger partial charge on any atom is -0.255 e. The summed E-state index contributed by atoms with van der Waals surface area (Å²) in [5.41, 5.74) is 1.22. The fraction of sp³-hybridized carbons (Fsp3) is 0. The Bertz CT molecular complexity index is 174. The molecule has 0 radical (unpaired) electrons. The van der Waals surface area contributed by atoms with Crippen molar-refractivity contribution in [3.63, 3.8) is 0 Å². The molecule has 0 unspecified atom stereocenters. The predicted molar refractivity (Wildman–Crippen MR) is 57.0 cm³/mol. The lowest BCUT2D eigenvalue weighted by Gasteiger charge is -2.04. The maximum Gasteiger partial charge on any atom is 0.0697 e. The van der Waals surface area contributed by atoms with Crippen LogP contribution in [-0.2, 0) is 0 Å². The summed E-state index contributed by atoms with van der Waals surface area (Å²) < 4.78 is 2.02. The van der Waals surface area contributed by atoms with Gasteiger partial charge in [0.25, 0.3) is 0 Å². The Morgan fingerprint density at radius 1 is 1.00 bits per heavy atom. The predicted octanol–water partition coefficient (Wildman–Crippen LogP) is 3.19. The fourth-order valence-electron chi connectivity index (χ4n) is 0.541.